The van der Waals surface area contributed by atoms with Gasteiger partial charge in [-0.15, -0.1) is 0 Å². The number of nitrogens with one attached hydrogen (secondary N) is 1. The van der Waals surface area contributed by atoms with Gasteiger partial charge >= 0.3 is 18.0 Å². The first-order chi connectivity index (χ1) is 41.2. The molecule has 3 aliphatic heterocycles. The summed E-state index contributed by atoms with van der Waals surface area (Å²) in [6.45, 7) is 19.9. The number of cyclic esters (lactones) is 1. The lowest BCUT2D eigenvalue weighted by Gasteiger charge is -2.49. The Hall–Kier alpha value is -4.10. The van der Waals surface area contributed by atoms with Gasteiger partial charge in [-0.25, -0.2) is 4.79 Å². The van der Waals surface area contributed by atoms with E-state index in [2.05, 4.69) is 96.3 Å². The van der Waals surface area contributed by atoms with Crippen LogP contribution in [-0.4, -0.2) is 181 Å². The molecule has 17 nitrogen and oxygen atoms in total. The number of amides is 1. The second-order valence-electron chi connectivity index (χ2n) is 26.4. The molecule has 3 heterocycles. The average molecular weight is 1240 g/mol. The maximum Gasteiger partial charge on any atom is 0.407 e. The molecule has 1 amide bonds. The number of rotatable bonds is 23. The van der Waals surface area contributed by atoms with E-state index in [4.69, 9.17) is 37.9 Å². The number of ether oxygens (including phenoxy) is 8. The molecule has 3 fully saturated rings. The monoisotopic (exact) mass is 1230 g/mol. The molecule has 0 bridgehead atoms. The van der Waals surface area contributed by atoms with Crippen LogP contribution in [0.25, 0.3) is 0 Å². The summed E-state index contributed by atoms with van der Waals surface area (Å²) in [5.74, 6) is -3.44. The minimum Gasteiger partial charge on any atom is -0.459 e. The summed E-state index contributed by atoms with van der Waals surface area (Å²) in [6, 6.07) is 32.3. The number of aliphatic hydroxyl groups excluding tert-OH is 1. The van der Waals surface area contributed by atoms with E-state index in [-0.39, 0.29) is 37.3 Å². The number of benzene rings is 3. The smallest absolute Gasteiger partial charge is 0.407 e. The number of hydrogen-bond donors (Lipinski definition) is 4. The zero-order valence-corrected chi connectivity index (χ0v) is 56.0. The lowest BCUT2D eigenvalue weighted by molar-refractivity contribution is -0.318. The van der Waals surface area contributed by atoms with Crippen molar-refractivity contribution in [3.05, 3.63) is 91.0 Å². The van der Waals surface area contributed by atoms with Gasteiger partial charge in [0.2, 0.25) is 0 Å². The summed E-state index contributed by atoms with van der Waals surface area (Å²) < 4.78 is 51.2. The molecule has 3 saturated heterocycles. The molecule has 0 unspecified atom stereocenters. The van der Waals surface area contributed by atoms with Gasteiger partial charge in [0.25, 0.3) is 0 Å². The molecular weight excluding hydrogens is 1130 g/mol. The molecule has 3 aromatic carbocycles. The van der Waals surface area contributed by atoms with Crippen LogP contribution in [0.4, 0.5) is 4.79 Å². The van der Waals surface area contributed by atoms with Gasteiger partial charge in [-0.2, -0.15) is 0 Å². The SMILES string of the molecule is CC[C@H]1OC(=O)[C@H](C)[C@@H](O[C@H]2C[C@@](C)(OC)[C@@H](O)[C@H](C)O2)[C@H](C)[C@@H](O[C@@H]2O[C@H](C)C[C@H](N(C)C)[C@H]2OC(C)=O)[C@](C)(O)C[C@@H](C)CN(C)[C@H](C)[C@@H](OC(=O)NCCCCCCCCCC[P+](c2ccccc2)(c2ccccc2)c2ccccc2)[C@]1(C)O. The molecule has 18 atom stereocenters. The third-order valence-electron chi connectivity index (χ3n) is 19.0. The van der Waals surface area contributed by atoms with E-state index in [1.165, 1.54) is 29.9 Å². The van der Waals surface area contributed by atoms with Gasteiger partial charge in [-0.1, -0.05) is 107 Å². The van der Waals surface area contributed by atoms with Crippen LogP contribution in [0, 0.1) is 17.8 Å². The van der Waals surface area contributed by atoms with Crippen LogP contribution >= 0.6 is 7.26 Å². The van der Waals surface area contributed by atoms with Crippen LogP contribution in [0.1, 0.15) is 153 Å². The number of likely N-dealkylation sites (N-methyl/N-ethyl adjacent to an activating group) is 2. The number of esters is 2. The van der Waals surface area contributed by atoms with Crippen molar-refractivity contribution in [3.8, 4) is 0 Å². The van der Waals surface area contributed by atoms with Gasteiger partial charge in [-0.05, 0) is 150 Å². The number of carbonyl (C=O) groups is 3. The van der Waals surface area contributed by atoms with E-state index in [0.717, 1.165) is 57.5 Å². The Morgan fingerprint density at radius 2 is 1.29 bits per heavy atom. The first-order valence-corrected chi connectivity index (χ1v) is 34.2. The summed E-state index contributed by atoms with van der Waals surface area (Å²) >= 11 is 0. The molecular formula is C69H109N3O14P+. The summed E-state index contributed by atoms with van der Waals surface area (Å²) in [5, 5.41) is 44.3. The fraction of sp³-hybridized carbons (Fsp3) is 0.696. The average Bonchev–Trinajstić information content (AvgIpc) is 1.44. The van der Waals surface area contributed by atoms with Gasteiger partial charge < -0.3 is 63.4 Å². The highest BCUT2D eigenvalue weighted by Gasteiger charge is 2.54. The number of methoxy groups -OCH3 is 1. The van der Waals surface area contributed by atoms with Crippen LogP contribution in [-0.2, 0) is 47.5 Å². The zero-order chi connectivity index (χ0) is 63.9. The second-order valence-corrected chi connectivity index (χ2v) is 30.0. The largest absolute Gasteiger partial charge is 0.459 e. The van der Waals surface area contributed by atoms with Gasteiger partial charge in [0.15, 0.2) is 24.8 Å². The quantitative estimate of drug-likeness (QED) is 0.0302. The predicted molar refractivity (Wildman–Crippen MR) is 343 cm³/mol. The van der Waals surface area contributed by atoms with E-state index in [9.17, 15) is 29.7 Å². The summed E-state index contributed by atoms with van der Waals surface area (Å²) in [4.78, 5) is 45.6. The molecule has 0 aliphatic carbocycles. The highest BCUT2D eigenvalue weighted by atomic mass is 31.2. The molecule has 3 aliphatic rings. The van der Waals surface area contributed by atoms with Crippen molar-refractivity contribution in [3.63, 3.8) is 0 Å². The molecule has 87 heavy (non-hydrogen) atoms. The van der Waals surface area contributed by atoms with Crippen molar-refractivity contribution in [1.29, 1.82) is 0 Å². The van der Waals surface area contributed by atoms with Crippen LogP contribution in [0.2, 0.25) is 0 Å². The van der Waals surface area contributed by atoms with Crippen LogP contribution < -0.4 is 21.2 Å². The lowest BCUT2D eigenvalue weighted by Crippen LogP contribution is -2.61. The van der Waals surface area contributed by atoms with Crippen molar-refractivity contribution in [2.75, 3.05) is 47.5 Å². The highest BCUT2D eigenvalue weighted by molar-refractivity contribution is 7.95. The van der Waals surface area contributed by atoms with E-state index >= 15 is 0 Å². The number of unbranched alkanes of at least 4 members (excludes halogenated alkanes) is 7. The topological polar surface area (TPSA) is 204 Å². The Morgan fingerprint density at radius 1 is 0.747 bits per heavy atom. The van der Waals surface area contributed by atoms with E-state index in [1.54, 1.807) is 41.5 Å². The second kappa shape index (κ2) is 32.8. The number of carbonyl (C=O) groups excluding carboxylic acids is 3. The molecule has 6 rings (SSSR count). The van der Waals surface area contributed by atoms with Crippen LogP contribution in [0.5, 0.6) is 0 Å². The zero-order valence-electron chi connectivity index (χ0n) is 55.1. The standard InChI is InChI=1S/C69H108N3O14P/c1-16-57-69(11,78)63(86-66(76)70-40-32-21-19-17-18-20-22-33-41-87(53-34-26-23-27-35-53,54-36-28-24-29-37-54)55-38-30-25-31-39-55)50(6)72(14)45-46(2)43-67(9,77)62(85-65-60(82-52(8)73)56(71(12)13)42-47(3)80-65)48(4)59(49(5)64(75)83-57)84-58-44-68(10,79-15)61(74)51(7)81-58/h23-31,34-39,46-51,56-63,65,74,77-78H,16-22,32-33,40-45H2,1-15H3/p+1/t46-,47-,48+,49-,50-,51+,56+,57-,58+,59+,60-,61+,62-,63-,65+,67-,68-,69-/m1/s1. The molecule has 0 radical (unpaired) electrons. The molecule has 0 aromatic heterocycles. The Bertz CT molecular complexity index is 2450. The summed E-state index contributed by atoms with van der Waals surface area (Å²) in [7, 11) is 5.33. The Morgan fingerprint density at radius 3 is 1.80 bits per heavy atom. The maximum absolute atomic E-state index is 15.0. The number of hydrogen-bond acceptors (Lipinski definition) is 16. The first kappa shape index (κ1) is 72.0. The minimum absolute atomic E-state index is 0.0860. The van der Waals surface area contributed by atoms with Crippen molar-refractivity contribution >= 4 is 41.2 Å². The molecule has 488 valence electrons. The molecule has 3 aromatic rings. The number of nitrogens with zero attached hydrogens (tertiary/aromatic N) is 2. The fourth-order valence-corrected chi connectivity index (χ4v) is 18.4. The Labute approximate surface area is 521 Å². The predicted octanol–water partition coefficient (Wildman–Crippen LogP) is 9.32. The molecule has 18 heteroatoms. The maximum atomic E-state index is 15.0. The Kier molecular flexibility index (Phi) is 27.1. The number of aliphatic hydroxyl groups is 3. The number of alkyl carbamates (subject to hydrolysis) is 1. The normalized spacial score (nSPS) is 34.3. The minimum atomic E-state index is -1.91. The van der Waals surface area contributed by atoms with Crippen molar-refractivity contribution in [2.24, 2.45) is 17.8 Å². The van der Waals surface area contributed by atoms with Gasteiger partial charge in [0.05, 0.1) is 53.7 Å². The Balaban J connectivity index is 1.15. The molecule has 0 spiro atoms. The van der Waals surface area contributed by atoms with Crippen LogP contribution in [0.15, 0.2) is 91.0 Å². The first-order valence-electron chi connectivity index (χ1n) is 32.2. The summed E-state index contributed by atoms with van der Waals surface area (Å²) in [5.41, 5.74) is -4.66. The lowest BCUT2D eigenvalue weighted by atomic mass is 9.77. The van der Waals surface area contributed by atoms with Crippen molar-refractivity contribution in [1.82, 2.24) is 15.1 Å². The van der Waals surface area contributed by atoms with Crippen LogP contribution in [0.3, 0.4) is 0 Å². The molecule has 0 saturated carbocycles. The fourth-order valence-electron chi connectivity index (χ4n) is 14.0. The van der Waals surface area contributed by atoms with Crippen molar-refractivity contribution < 1.29 is 67.6 Å². The third kappa shape index (κ3) is 18.5. The van der Waals surface area contributed by atoms with Gasteiger partial charge in [0.1, 0.15) is 41.0 Å². The van der Waals surface area contributed by atoms with E-state index < -0.39 is 115 Å². The van der Waals surface area contributed by atoms with Crippen molar-refractivity contribution in [2.45, 2.75) is 244 Å². The van der Waals surface area contributed by atoms with E-state index in [1.807, 2.05) is 58.6 Å². The van der Waals surface area contributed by atoms with E-state index in [0.29, 0.717) is 19.5 Å². The molecule has 4 N–H and O–H groups in total. The summed E-state index contributed by atoms with van der Waals surface area (Å²) in [6.07, 6.45) is 0.0943. The third-order valence-corrected chi connectivity index (χ3v) is 23.5. The highest BCUT2D eigenvalue weighted by Crippen LogP contribution is 2.56. The van der Waals surface area contributed by atoms with Gasteiger partial charge in [0, 0.05) is 45.5 Å². The van der Waals surface area contributed by atoms with Gasteiger partial charge in [-0.3, -0.25) is 14.5 Å².